The summed E-state index contributed by atoms with van der Waals surface area (Å²) < 4.78 is 35.8. The van der Waals surface area contributed by atoms with E-state index in [-0.39, 0.29) is 10.6 Å². The predicted molar refractivity (Wildman–Crippen MR) is 56.7 cm³/mol. The van der Waals surface area contributed by atoms with Crippen molar-refractivity contribution in [2.75, 3.05) is 0 Å². The zero-order valence-electron chi connectivity index (χ0n) is 8.06. The van der Waals surface area contributed by atoms with Crippen LogP contribution >= 0.6 is 23.2 Å². The molecule has 1 unspecified atom stereocenters. The lowest BCUT2D eigenvalue weighted by Gasteiger charge is -2.14. The van der Waals surface area contributed by atoms with Gasteiger partial charge in [-0.2, -0.15) is 13.2 Å². The SMILES string of the molecule is OC(CCC(F)(F)F)c1cc(Cl)ccc1Cl. The zero-order valence-corrected chi connectivity index (χ0v) is 9.57. The summed E-state index contributed by atoms with van der Waals surface area (Å²) in [5.41, 5.74) is 0.221. The quantitative estimate of drug-likeness (QED) is 0.867. The first-order valence-corrected chi connectivity index (χ1v) is 5.25. The minimum Gasteiger partial charge on any atom is -0.388 e. The number of rotatable bonds is 3. The Labute approximate surface area is 101 Å². The van der Waals surface area contributed by atoms with Gasteiger partial charge in [0, 0.05) is 22.0 Å². The van der Waals surface area contributed by atoms with Crippen LogP contribution in [0.2, 0.25) is 10.0 Å². The van der Waals surface area contributed by atoms with Crippen molar-refractivity contribution in [2.24, 2.45) is 0 Å². The third kappa shape index (κ3) is 4.20. The minimum atomic E-state index is -4.29. The second-order valence-electron chi connectivity index (χ2n) is 3.34. The van der Waals surface area contributed by atoms with Crippen molar-refractivity contribution >= 4 is 23.2 Å². The fourth-order valence-electron chi connectivity index (χ4n) is 1.23. The normalized spacial score (nSPS) is 13.9. The Balaban J connectivity index is 2.73. The van der Waals surface area contributed by atoms with Gasteiger partial charge in [-0.15, -0.1) is 0 Å². The monoisotopic (exact) mass is 272 g/mol. The molecule has 0 bridgehead atoms. The van der Waals surface area contributed by atoms with E-state index >= 15 is 0 Å². The zero-order chi connectivity index (χ0) is 12.3. The highest BCUT2D eigenvalue weighted by atomic mass is 35.5. The summed E-state index contributed by atoms with van der Waals surface area (Å²) in [7, 11) is 0. The first kappa shape index (κ1) is 13.6. The van der Waals surface area contributed by atoms with Gasteiger partial charge in [0.05, 0.1) is 6.10 Å². The number of aliphatic hydroxyl groups excluding tert-OH is 1. The summed E-state index contributed by atoms with van der Waals surface area (Å²) in [5, 5.41) is 10.1. The van der Waals surface area contributed by atoms with Crippen LogP contribution in [0.4, 0.5) is 13.2 Å². The summed E-state index contributed by atoms with van der Waals surface area (Å²) in [4.78, 5) is 0. The lowest BCUT2D eigenvalue weighted by Crippen LogP contribution is -2.10. The number of aliphatic hydroxyl groups is 1. The average molecular weight is 273 g/mol. The topological polar surface area (TPSA) is 20.2 Å². The maximum atomic E-state index is 11.9. The van der Waals surface area contributed by atoms with Gasteiger partial charge in [-0.05, 0) is 24.6 Å². The molecule has 1 N–H and O–H groups in total. The number of hydrogen-bond acceptors (Lipinski definition) is 1. The van der Waals surface area contributed by atoms with Crippen molar-refractivity contribution in [2.45, 2.75) is 25.1 Å². The molecule has 6 heteroatoms. The van der Waals surface area contributed by atoms with E-state index in [2.05, 4.69) is 0 Å². The first-order valence-electron chi connectivity index (χ1n) is 4.49. The Hall–Kier alpha value is -0.450. The molecule has 0 aliphatic heterocycles. The first-order chi connectivity index (χ1) is 7.29. The van der Waals surface area contributed by atoms with Gasteiger partial charge in [-0.1, -0.05) is 23.2 Å². The Morgan fingerprint density at radius 2 is 1.88 bits per heavy atom. The van der Waals surface area contributed by atoms with Crippen LogP contribution in [0.3, 0.4) is 0 Å². The number of hydrogen-bond donors (Lipinski definition) is 1. The van der Waals surface area contributed by atoms with Crippen LogP contribution in [0.15, 0.2) is 18.2 Å². The van der Waals surface area contributed by atoms with Crippen molar-refractivity contribution in [3.63, 3.8) is 0 Å². The predicted octanol–water partition coefficient (Wildman–Crippen LogP) is 4.37. The molecule has 1 atom stereocenters. The summed E-state index contributed by atoms with van der Waals surface area (Å²) in [6, 6.07) is 4.31. The van der Waals surface area contributed by atoms with E-state index in [1.54, 1.807) is 0 Å². The molecule has 0 aliphatic rings. The fraction of sp³-hybridized carbons (Fsp3) is 0.400. The molecule has 0 aliphatic carbocycles. The second-order valence-corrected chi connectivity index (χ2v) is 4.18. The highest BCUT2D eigenvalue weighted by Crippen LogP contribution is 2.32. The van der Waals surface area contributed by atoms with Crippen LogP contribution in [0.25, 0.3) is 0 Å². The van der Waals surface area contributed by atoms with Gasteiger partial charge in [0.2, 0.25) is 0 Å². The van der Waals surface area contributed by atoms with E-state index < -0.39 is 25.1 Å². The van der Waals surface area contributed by atoms with Crippen LogP contribution in [-0.4, -0.2) is 11.3 Å². The summed E-state index contributed by atoms with van der Waals surface area (Å²) in [6.45, 7) is 0. The van der Waals surface area contributed by atoms with Crippen molar-refractivity contribution in [3.05, 3.63) is 33.8 Å². The van der Waals surface area contributed by atoms with Gasteiger partial charge in [-0.25, -0.2) is 0 Å². The van der Waals surface area contributed by atoms with Gasteiger partial charge < -0.3 is 5.11 Å². The average Bonchev–Trinajstić information content (AvgIpc) is 2.17. The van der Waals surface area contributed by atoms with Gasteiger partial charge in [0.15, 0.2) is 0 Å². The van der Waals surface area contributed by atoms with E-state index in [0.29, 0.717) is 5.02 Å². The molecule has 1 aromatic rings. The summed E-state index contributed by atoms with van der Waals surface area (Å²) >= 11 is 11.4. The van der Waals surface area contributed by atoms with Gasteiger partial charge in [0.1, 0.15) is 0 Å². The maximum absolute atomic E-state index is 11.9. The molecule has 90 valence electrons. The van der Waals surface area contributed by atoms with Crippen LogP contribution in [0, 0.1) is 0 Å². The summed E-state index contributed by atoms with van der Waals surface area (Å²) in [6.07, 6.45) is -7.03. The molecule has 0 spiro atoms. The van der Waals surface area contributed by atoms with Gasteiger partial charge >= 0.3 is 6.18 Å². The van der Waals surface area contributed by atoms with Crippen LogP contribution in [0.5, 0.6) is 0 Å². The van der Waals surface area contributed by atoms with Crippen LogP contribution < -0.4 is 0 Å². The molecule has 1 aromatic carbocycles. The molecule has 0 heterocycles. The molecule has 0 amide bonds. The number of alkyl halides is 3. The fourth-order valence-corrected chi connectivity index (χ4v) is 1.65. The Morgan fingerprint density at radius 1 is 1.25 bits per heavy atom. The van der Waals surface area contributed by atoms with E-state index in [0.717, 1.165) is 0 Å². The Bertz CT molecular complexity index is 366. The van der Waals surface area contributed by atoms with E-state index in [4.69, 9.17) is 23.2 Å². The van der Waals surface area contributed by atoms with E-state index in [1.807, 2.05) is 0 Å². The molecule has 0 saturated heterocycles. The number of halogens is 5. The Kier molecular flexibility index (Phi) is 4.47. The third-order valence-corrected chi connectivity index (χ3v) is 2.60. The minimum absolute atomic E-state index is 0.207. The molecule has 1 nitrogen and oxygen atoms in total. The van der Waals surface area contributed by atoms with Crippen molar-refractivity contribution in [1.29, 1.82) is 0 Å². The van der Waals surface area contributed by atoms with Crippen molar-refractivity contribution in [3.8, 4) is 0 Å². The second kappa shape index (κ2) is 5.25. The third-order valence-electron chi connectivity index (χ3n) is 2.02. The molecule has 16 heavy (non-hydrogen) atoms. The Morgan fingerprint density at radius 3 is 2.44 bits per heavy atom. The van der Waals surface area contributed by atoms with Crippen molar-refractivity contribution < 1.29 is 18.3 Å². The highest BCUT2D eigenvalue weighted by molar-refractivity contribution is 6.33. The summed E-state index contributed by atoms with van der Waals surface area (Å²) in [5.74, 6) is 0. The van der Waals surface area contributed by atoms with Crippen LogP contribution in [0.1, 0.15) is 24.5 Å². The molecule has 1 rings (SSSR count). The molecule has 0 radical (unpaired) electrons. The van der Waals surface area contributed by atoms with E-state index in [1.165, 1.54) is 18.2 Å². The van der Waals surface area contributed by atoms with Crippen molar-refractivity contribution in [1.82, 2.24) is 0 Å². The molecular formula is C10H9Cl2F3O. The molecule has 0 aromatic heterocycles. The lowest BCUT2D eigenvalue weighted by atomic mass is 10.0. The molecule has 0 fully saturated rings. The standard InChI is InChI=1S/C10H9Cl2F3O/c11-6-1-2-8(12)7(5-6)9(16)3-4-10(13,14)15/h1-2,5,9,16H,3-4H2. The van der Waals surface area contributed by atoms with Crippen LogP contribution in [-0.2, 0) is 0 Å². The van der Waals surface area contributed by atoms with Gasteiger partial charge in [-0.3, -0.25) is 0 Å². The molecular weight excluding hydrogens is 264 g/mol. The van der Waals surface area contributed by atoms with Gasteiger partial charge in [0.25, 0.3) is 0 Å². The van der Waals surface area contributed by atoms with E-state index in [9.17, 15) is 18.3 Å². The lowest BCUT2D eigenvalue weighted by molar-refractivity contribution is -0.140. The highest BCUT2D eigenvalue weighted by Gasteiger charge is 2.28. The maximum Gasteiger partial charge on any atom is 0.389 e. The molecule has 0 saturated carbocycles. The number of benzene rings is 1. The largest absolute Gasteiger partial charge is 0.389 e. The smallest absolute Gasteiger partial charge is 0.388 e.